The van der Waals surface area contributed by atoms with Crippen molar-refractivity contribution < 1.29 is 4.79 Å². The number of aromatic nitrogens is 3. The fourth-order valence-corrected chi connectivity index (χ4v) is 5.29. The third-order valence-electron chi connectivity index (χ3n) is 5.91. The topological polar surface area (TPSA) is 63.1 Å². The van der Waals surface area contributed by atoms with Crippen molar-refractivity contribution in [1.29, 1.82) is 0 Å². The molecule has 2 aromatic heterocycles. The molecule has 4 heterocycles. The molecule has 1 spiro atoms. The zero-order chi connectivity index (χ0) is 19.0. The molecule has 0 unspecified atom stereocenters. The Morgan fingerprint density at radius 3 is 2.70 bits per heavy atom. The number of fused-ring (bicyclic) bond motifs is 1. The summed E-state index contributed by atoms with van der Waals surface area (Å²) in [5.41, 5.74) is 0.282. The Hall–Kier alpha value is -1.73. The smallest absolute Gasteiger partial charge is 0.289 e. The Morgan fingerprint density at radius 2 is 2.04 bits per heavy atom. The van der Waals surface area contributed by atoms with Gasteiger partial charge in [-0.3, -0.25) is 9.69 Å². The Labute approximate surface area is 165 Å². The predicted molar refractivity (Wildman–Crippen MR) is 107 cm³/mol. The Kier molecular flexibility index (Phi) is 5.07. The quantitative estimate of drug-likeness (QED) is 0.876. The molecule has 4 rings (SSSR count). The van der Waals surface area contributed by atoms with Gasteiger partial charge in [0.2, 0.25) is 5.82 Å². The van der Waals surface area contributed by atoms with Gasteiger partial charge in [0, 0.05) is 35.3 Å². The molecule has 7 heteroatoms. The summed E-state index contributed by atoms with van der Waals surface area (Å²) in [4.78, 5) is 17.9. The number of aryl methyl sites for hydroxylation is 2. The van der Waals surface area contributed by atoms with Gasteiger partial charge in [0.25, 0.3) is 5.91 Å². The van der Waals surface area contributed by atoms with E-state index in [9.17, 15) is 4.79 Å². The Balaban J connectivity index is 1.42. The number of likely N-dealkylation sites (tertiary alicyclic amines) is 1. The number of rotatable bonds is 4. The number of hydrogen-bond donors (Lipinski definition) is 1. The number of nitrogens with one attached hydrogen (secondary N) is 1. The van der Waals surface area contributed by atoms with Gasteiger partial charge in [0.1, 0.15) is 5.82 Å². The van der Waals surface area contributed by atoms with E-state index in [1.54, 1.807) is 0 Å². The highest BCUT2D eigenvalue weighted by atomic mass is 32.1. The fraction of sp³-hybridized carbons (Fsp3) is 0.650. The molecular weight excluding hydrogens is 358 g/mol. The van der Waals surface area contributed by atoms with Crippen molar-refractivity contribution in [3.63, 3.8) is 0 Å². The van der Waals surface area contributed by atoms with Crippen LogP contribution in [0.15, 0.2) is 12.1 Å². The van der Waals surface area contributed by atoms with Crippen molar-refractivity contribution in [2.45, 2.75) is 65.6 Å². The zero-order valence-corrected chi connectivity index (χ0v) is 17.3. The summed E-state index contributed by atoms with van der Waals surface area (Å²) in [6, 6.07) is 4.57. The van der Waals surface area contributed by atoms with Gasteiger partial charge in [0.05, 0.1) is 0 Å². The van der Waals surface area contributed by atoms with E-state index in [0.717, 1.165) is 44.8 Å². The summed E-state index contributed by atoms with van der Waals surface area (Å²) in [5.74, 6) is 1.34. The lowest BCUT2D eigenvalue weighted by Crippen LogP contribution is -2.45. The van der Waals surface area contributed by atoms with E-state index in [4.69, 9.17) is 0 Å². The number of piperidine rings is 1. The number of nitrogens with zero attached hydrogens (tertiary/aromatic N) is 4. The van der Waals surface area contributed by atoms with Crippen molar-refractivity contribution in [3.8, 4) is 0 Å². The molecule has 2 aromatic rings. The van der Waals surface area contributed by atoms with Crippen molar-refractivity contribution in [2.75, 3.05) is 13.1 Å². The average molecular weight is 388 g/mol. The van der Waals surface area contributed by atoms with E-state index >= 15 is 0 Å². The maximum atomic E-state index is 12.5. The van der Waals surface area contributed by atoms with Gasteiger partial charge in [-0.2, -0.15) is 0 Å². The molecule has 0 aromatic carbocycles. The first-order chi connectivity index (χ1) is 12.9. The monoisotopic (exact) mass is 387 g/mol. The lowest BCUT2D eigenvalue weighted by atomic mass is 9.73. The first-order valence-corrected chi connectivity index (χ1v) is 10.8. The third-order valence-corrected chi connectivity index (χ3v) is 6.90. The molecule has 1 fully saturated rings. The Morgan fingerprint density at radius 1 is 1.26 bits per heavy atom. The van der Waals surface area contributed by atoms with Crippen LogP contribution in [0, 0.1) is 12.3 Å². The summed E-state index contributed by atoms with van der Waals surface area (Å²) >= 11 is 1.90. The van der Waals surface area contributed by atoms with Crippen molar-refractivity contribution in [3.05, 3.63) is 33.5 Å². The first kappa shape index (κ1) is 18.6. The summed E-state index contributed by atoms with van der Waals surface area (Å²) < 4.78 is 2.08. The molecule has 0 radical (unpaired) electrons. The normalized spacial score (nSPS) is 19.4. The maximum Gasteiger partial charge on any atom is 0.289 e. The van der Waals surface area contributed by atoms with Crippen LogP contribution in [-0.2, 0) is 19.5 Å². The van der Waals surface area contributed by atoms with Gasteiger partial charge >= 0.3 is 0 Å². The van der Waals surface area contributed by atoms with E-state index in [1.165, 1.54) is 22.6 Å². The fourth-order valence-electron chi connectivity index (χ4n) is 4.36. The van der Waals surface area contributed by atoms with Crippen LogP contribution in [0.25, 0.3) is 0 Å². The molecule has 1 saturated heterocycles. The highest BCUT2D eigenvalue weighted by molar-refractivity contribution is 7.11. The summed E-state index contributed by atoms with van der Waals surface area (Å²) in [6.45, 7) is 10.3. The van der Waals surface area contributed by atoms with E-state index < -0.39 is 0 Å². The molecule has 0 bridgehead atoms. The lowest BCUT2D eigenvalue weighted by Gasteiger charge is -2.44. The van der Waals surface area contributed by atoms with Gasteiger partial charge in [-0.05, 0) is 70.7 Å². The summed E-state index contributed by atoms with van der Waals surface area (Å²) in [5, 5.41) is 11.4. The number of carbonyl (C=O) groups excluding carboxylic acids is 1. The number of thiophene rings is 1. The number of carbonyl (C=O) groups is 1. The second kappa shape index (κ2) is 7.36. The minimum absolute atomic E-state index is 0.104. The van der Waals surface area contributed by atoms with E-state index in [2.05, 4.69) is 44.0 Å². The molecular formula is C20H29N5OS. The van der Waals surface area contributed by atoms with Gasteiger partial charge in [-0.15, -0.1) is 21.5 Å². The highest BCUT2D eigenvalue weighted by Crippen LogP contribution is 2.41. The molecule has 0 aliphatic carbocycles. The second-order valence-electron chi connectivity index (χ2n) is 8.44. The van der Waals surface area contributed by atoms with Gasteiger partial charge < -0.3 is 9.88 Å². The van der Waals surface area contributed by atoms with Crippen LogP contribution in [0.5, 0.6) is 0 Å². The zero-order valence-electron chi connectivity index (χ0n) is 16.5. The maximum absolute atomic E-state index is 12.5. The van der Waals surface area contributed by atoms with Crippen LogP contribution in [0.4, 0.5) is 0 Å². The average Bonchev–Trinajstić information content (AvgIpc) is 3.22. The van der Waals surface area contributed by atoms with Crippen LogP contribution in [0.1, 0.15) is 59.3 Å². The Bertz CT molecular complexity index is 816. The first-order valence-electron chi connectivity index (χ1n) is 9.95. The molecule has 1 N–H and O–H groups in total. The molecule has 0 saturated carbocycles. The lowest BCUT2D eigenvalue weighted by molar-refractivity contribution is 0.0622. The minimum atomic E-state index is -0.105. The van der Waals surface area contributed by atoms with Crippen molar-refractivity contribution in [1.82, 2.24) is 25.0 Å². The molecule has 1 amide bonds. The predicted octanol–water partition coefficient (Wildman–Crippen LogP) is 3.01. The molecule has 6 nitrogen and oxygen atoms in total. The summed E-state index contributed by atoms with van der Waals surface area (Å²) in [6.07, 6.45) is 4.44. The van der Waals surface area contributed by atoms with Crippen LogP contribution in [-0.4, -0.2) is 44.7 Å². The van der Waals surface area contributed by atoms with Gasteiger partial charge in [-0.1, -0.05) is 0 Å². The van der Waals surface area contributed by atoms with Crippen LogP contribution < -0.4 is 5.32 Å². The van der Waals surface area contributed by atoms with Crippen molar-refractivity contribution in [2.24, 2.45) is 5.41 Å². The van der Waals surface area contributed by atoms with Gasteiger partial charge in [-0.25, -0.2) is 0 Å². The molecule has 2 aliphatic rings. The van der Waals surface area contributed by atoms with E-state index in [0.29, 0.717) is 5.82 Å². The third kappa shape index (κ3) is 3.94. The van der Waals surface area contributed by atoms with E-state index in [1.807, 2.05) is 25.2 Å². The van der Waals surface area contributed by atoms with E-state index in [-0.39, 0.29) is 17.4 Å². The van der Waals surface area contributed by atoms with Crippen molar-refractivity contribution >= 4 is 17.2 Å². The van der Waals surface area contributed by atoms with Crippen LogP contribution >= 0.6 is 11.3 Å². The SMILES string of the molecule is Cc1ccc(CN2CCC3(CCc4nnc(C(=O)NC(C)C)n4C3)CC2)s1. The highest BCUT2D eigenvalue weighted by Gasteiger charge is 2.39. The minimum Gasteiger partial charge on any atom is -0.347 e. The van der Waals surface area contributed by atoms with Crippen LogP contribution in [0.3, 0.4) is 0 Å². The molecule has 0 atom stereocenters. The summed E-state index contributed by atoms with van der Waals surface area (Å²) in [7, 11) is 0. The number of amides is 1. The largest absolute Gasteiger partial charge is 0.347 e. The van der Waals surface area contributed by atoms with Gasteiger partial charge in [0.15, 0.2) is 0 Å². The molecule has 146 valence electrons. The standard InChI is InChI=1S/C20H29N5OS/c1-14(2)21-19(26)18-23-22-17-6-7-20(13-25(17)18)8-10-24(11-9-20)12-16-5-4-15(3)27-16/h4-5,14H,6-13H2,1-3H3,(H,21,26). The number of hydrogen-bond acceptors (Lipinski definition) is 5. The van der Waals surface area contributed by atoms with Crippen LogP contribution in [0.2, 0.25) is 0 Å². The molecule has 27 heavy (non-hydrogen) atoms. The second-order valence-corrected chi connectivity index (χ2v) is 9.82. The molecule has 2 aliphatic heterocycles.